The summed E-state index contributed by atoms with van der Waals surface area (Å²) in [5.41, 5.74) is 4.97. The molecule has 2 fully saturated rings. The lowest BCUT2D eigenvalue weighted by Crippen LogP contribution is -2.56. The molecular weight excluding hydrogens is 236 g/mol. The molecule has 17 heavy (non-hydrogen) atoms. The number of hydrogen-bond donors (Lipinski definition) is 2. The molecule has 0 radical (unpaired) electrons. The monoisotopic (exact) mass is 258 g/mol. The van der Waals surface area contributed by atoms with Gasteiger partial charge in [-0.25, -0.2) is 0 Å². The summed E-state index contributed by atoms with van der Waals surface area (Å²) in [4.78, 5) is 11.6. The summed E-state index contributed by atoms with van der Waals surface area (Å²) in [6.45, 7) is 3.63. The first kappa shape index (κ1) is 13.2. The Labute approximate surface area is 107 Å². The number of carbonyl (C=O) groups is 1. The van der Waals surface area contributed by atoms with Gasteiger partial charge in [-0.3, -0.25) is 4.79 Å². The second kappa shape index (κ2) is 5.59. The van der Waals surface area contributed by atoms with E-state index in [1.807, 2.05) is 18.7 Å². The van der Waals surface area contributed by atoms with Crippen LogP contribution >= 0.6 is 11.8 Å². The largest absolute Gasteiger partial charge is 0.381 e. The molecule has 1 aliphatic carbocycles. The fourth-order valence-electron chi connectivity index (χ4n) is 1.99. The van der Waals surface area contributed by atoms with Crippen LogP contribution in [0.25, 0.3) is 0 Å². The third kappa shape index (κ3) is 3.86. The Kier molecular flexibility index (Phi) is 4.33. The number of ether oxygens (including phenoxy) is 1. The molecule has 0 aromatic heterocycles. The van der Waals surface area contributed by atoms with E-state index in [1.54, 1.807) is 0 Å². The highest BCUT2D eigenvalue weighted by Crippen LogP contribution is 2.28. The number of nitrogens with two attached hydrogens (primary N) is 1. The van der Waals surface area contributed by atoms with Crippen molar-refractivity contribution in [2.75, 3.05) is 19.0 Å². The van der Waals surface area contributed by atoms with Crippen LogP contribution in [0.1, 0.15) is 32.6 Å². The lowest BCUT2D eigenvalue weighted by Gasteiger charge is -2.30. The summed E-state index contributed by atoms with van der Waals surface area (Å²) < 4.78 is 5.33. The lowest BCUT2D eigenvalue weighted by molar-refractivity contribution is -0.123. The number of primary amides is 1. The number of hydrogen-bond acceptors (Lipinski definition) is 4. The van der Waals surface area contributed by atoms with Gasteiger partial charge in [0.25, 0.3) is 0 Å². The summed E-state index contributed by atoms with van der Waals surface area (Å²) in [7, 11) is 0. The van der Waals surface area contributed by atoms with Crippen LogP contribution in [0.4, 0.5) is 0 Å². The molecule has 0 aromatic rings. The van der Waals surface area contributed by atoms with Crippen LogP contribution in [-0.2, 0) is 9.53 Å². The summed E-state index contributed by atoms with van der Waals surface area (Å²) in [6, 6.07) is 0.503. The van der Waals surface area contributed by atoms with Gasteiger partial charge in [-0.15, -0.1) is 0 Å². The Morgan fingerprint density at radius 1 is 1.41 bits per heavy atom. The van der Waals surface area contributed by atoms with Crippen molar-refractivity contribution in [3.8, 4) is 0 Å². The Morgan fingerprint density at radius 3 is 2.59 bits per heavy atom. The maximum Gasteiger partial charge on any atom is 0.238 e. The van der Waals surface area contributed by atoms with Crippen molar-refractivity contribution in [3.63, 3.8) is 0 Å². The molecule has 5 heteroatoms. The van der Waals surface area contributed by atoms with Crippen LogP contribution in [-0.4, -0.2) is 41.7 Å². The quantitative estimate of drug-likeness (QED) is 0.743. The Bertz CT molecular complexity index is 278. The minimum Gasteiger partial charge on any atom is -0.381 e. The number of thioether (sulfide) groups is 1. The molecule has 1 saturated carbocycles. The highest BCUT2D eigenvalue weighted by atomic mass is 32.2. The number of nitrogens with one attached hydrogen (secondary N) is 1. The zero-order valence-electron chi connectivity index (χ0n) is 10.4. The van der Waals surface area contributed by atoms with Crippen LogP contribution in [0.3, 0.4) is 0 Å². The van der Waals surface area contributed by atoms with Crippen molar-refractivity contribution in [1.82, 2.24) is 5.32 Å². The first-order valence-electron chi connectivity index (χ1n) is 6.37. The molecule has 2 aliphatic rings. The van der Waals surface area contributed by atoms with Crippen LogP contribution in [0, 0.1) is 0 Å². The van der Waals surface area contributed by atoms with E-state index < -0.39 is 5.54 Å². The molecule has 4 nitrogen and oxygen atoms in total. The van der Waals surface area contributed by atoms with Crippen LogP contribution in [0.2, 0.25) is 0 Å². The lowest BCUT2D eigenvalue weighted by atomic mass is 10.1. The second-order valence-corrected chi connectivity index (χ2v) is 6.53. The van der Waals surface area contributed by atoms with Crippen LogP contribution in [0.15, 0.2) is 0 Å². The predicted molar refractivity (Wildman–Crippen MR) is 70.1 cm³/mol. The summed E-state index contributed by atoms with van der Waals surface area (Å²) in [6.07, 6.45) is 4.52. The topological polar surface area (TPSA) is 64.3 Å². The molecule has 1 aliphatic heterocycles. The molecule has 1 unspecified atom stereocenters. The van der Waals surface area contributed by atoms with Crippen molar-refractivity contribution in [2.45, 2.75) is 49.4 Å². The Hall–Kier alpha value is -0.260. The van der Waals surface area contributed by atoms with Gasteiger partial charge in [0, 0.05) is 30.3 Å². The molecule has 0 aromatic carbocycles. The molecule has 1 saturated heterocycles. The summed E-state index contributed by atoms with van der Waals surface area (Å²) >= 11 is 1.86. The number of amides is 1. The van der Waals surface area contributed by atoms with E-state index in [0.29, 0.717) is 11.3 Å². The summed E-state index contributed by atoms with van der Waals surface area (Å²) in [5.74, 6) is 0.535. The number of rotatable bonds is 6. The smallest absolute Gasteiger partial charge is 0.238 e. The van der Waals surface area contributed by atoms with E-state index in [2.05, 4.69) is 5.32 Å². The normalized spacial score (nSPS) is 25.5. The third-order valence-corrected chi connectivity index (χ3v) is 5.11. The highest BCUT2D eigenvalue weighted by Gasteiger charge is 2.37. The van der Waals surface area contributed by atoms with Gasteiger partial charge < -0.3 is 15.8 Å². The van der Waals surface area contributed by atoms with Crippen molar-refractivity contribution < 1.29 is 9.53 Å². The fraction of sp³-hybridized carbons (Fsp3) is 0.917. The fourth-order valence-corrected chi connectivity index (χ4v) is 3.31. The molecule has 3 N–H and O–H groups in total. The SMILES string of the molecule is CC(CSC1CCOCC1)(NC1CC1)C(N)=O. The summed E-state index contributed by atoms with van der Waals surface area (Å²) in [5, 5.41) is 3.99. The maximum absolute atomic E-state index is 11.6. The van der Waals surface area contributed by atoms with Gasteiger partial charge >= 0.3 is 0 Å². The maximum atomic E-state index is 11.6. The van der Waals surface area contributed by atoms with Gasteiger partial charge in [0.15, 0.2) is 0 Å². The van der Waals surface area contributed by atoms with E-state index in [1.165, 1.54) is 12.8 Å². The van der Waals surface area contributed by atoms with Gasteiger partial charge in [0.05, 0.1) is 0 Å². The van der Waals surface area contributed by atoms with Gasteiger partial charge in [0.1, 0.15) is 5.54 Å². The molecule has 1 heterocycles. The van der Waals surface area contributed by atoms with Gasteiger partial charge in [-0.2, -0.15) is 11.8 Å². The van der Waals surface area contributed by atoms with Gasteiger partial charge in [0.2, 0.25) is 5.91 Å². The average molecular weight is 258 g/mol. The van der Waals surface area contributed by atoms with Crippen LogP contribution in [0.5, 0.6) is 0 Å². The highest BCUT2D eigenvalue weighted by molar-refractivity contribution is 8.00. The first-order valence-corrected chi connectivity index (χ1v) is 7.42. The van der Waals surface area contributed by atoms with Crippen molar-refractivity contribution in [1.29, 1.82) is 0 Å². The zero-order valence-corrected chi connectivity index (χ0v) is 11.2. The van der Waals surface area contributed by atoms with E-state index in [9.17, 15) is 4.79 Å². The first-order chi connectivity index (χ1) is 8.10. The van der Waals surface area contributed by atoms with E-state index >= 15 is 0 Å². The minimum atomic E-state index is -0.551. The number of carbonyl (C=O) groups excluding carboxylic acids is 1. The molecular formula is C12H22N2O2S. The van der Waals surface area contributed by atoms with Gasteiger partial charge in [-0.05, 0) is 32.6 Å². The second-order valence-electron chi connectivity index (χ2n) is 5.24. The minimum absolute atomic E-state index is 0.232. The Balaban J connectivity index is 1.81. The molecule has 0 bridgehead atoms. The standard InChI is InChI=1S/C12H22N2O2S/c1-12(11(13)15,14-9-2-3-9)8-17-10-4-6-16-7-5-10/h9-10,14H,2-8H2,1H3,(H2,13,15). The molecule has 2 rings (SSSR count). The Morgan fingerprint density at radius 2 is 2.06 bits per heavy atom. The van der Waals surface area contributed by atoms with E-state index in [0.717, 1.165) is 31.8 Å². The molecule has 1 atom stereocenters. The molecule has 98 valence electrons. The van der Waals surface area contributed by atoms with Crippen molar-refractivity contribution >= 4 is 17.7 Å². The van der Waals surface area contributed by atoms with Crippen molar-refractivity contribution in [2.24, 2.45) is 5.73 Å². The van der Waals surface area contributed by atoms with Crippen LogP contribution < -0.4 is 11.1 Å². The predicted octanol–water partition coefficient (Wildman–Crippen LogP) is 0.895. The van der Waals surface area contributed by atoms with Crippen molar-refractivity contribution in [3.05, 3.63) is 0 Å². The zero-order chi connectivity index (χ0) is 12.3. The van der Waals surface area contributed by atoms with Gasteiger partial charge in [-0.1, -0.05) is 0 Å². The molecule has 1 amide bonds. The average Bonchev–Trinajstić information content (AvgIpc) is 3.11. The van der Waals surface area contributed by atoms with E-state index in [-0.39, 0.29) is 5.91 Å². The third-order valence-electron chi connectivity index (χ3n) is 3.42. The molecule has 0 spiro atoms. The van der Waals surface area contributed by atoms with E-state index in [4.69, 9.17) is 10.5 Å².